The summed E-state index contributed by atoms with van der Waals surface area (Å²) >= 11 is 0. The number of carbonyl (C=O) groups is 1. The summed E-state index contributed by atoms with van der Waals surface area (Å²) in [6.07, 6.45) is -3.09. The summed E-state index contributed by atoms with van der Waals surface area (Å²) in [6.45, 7) is -1.36. The number of hydrogen-bond acceptors (Lipinski definition) is 2. The van der Waals surface area contributed by atoms with Crippen LogP contribution in [-0.2, 0) is 0 Å². The Labute approximate surface area is 77.3 Å². The average Bonchev–Trinajstić information content (AvgIpc) is 2.46. The Balaban J connectivity index is 2.52. The summed E-state index contributed by atoms with van der Waals surface area (Å²) in [5.74, 6) is -0.834. The highest BCUT2D eigenvalue weighted by molar-refractivity contribution is 5.93. The van der Waals surface area contributed by atoms with E-state index in [9.17, 15) is 18.0 Å². The van der Waals surface area contributed by atoms with Crippen LogP contribution in [0, 0.1) is 0 Å². The van der Waals surface area contributed by atoms with Crippen LogP contribution in [0.2, 0.25) is 0 Å². The number of aromatic nitrogens is 1. The fraction of sp³-hybridized carbons (Fsp3) is 0.286. The monoisotopic (exact) mass is 207 g/mol. The van der Waals surface area contributed by atoms with Crippen molar-refractivity contribution in [1.82, 2.24) is 10.3 Å². The van der Waals surface area contributed by atoms with Gasteiger partial charge in [-0.1, -0.05) is 0 Å². The molecular formula is C7H8F3N3O. The summed E-state index contributed by atoms with van der Waals surface area (Å²) in [6, 6.07) is 1.26. The fourth-order valence-electron chi connectivity index (χ4n) is 0.818. The van der Waals surface area contributed by atoms with Crippen LogP contribution >= 0.6 is 0 Å². The quantitative estimate of drug-likeness (QED) is 0.673. The van der Waals surface area contributed by atoms with E-state index in [-0.39, 0.29) is 5.69 Å². The number of anilines is 1. The maximum atomic E-state index is 11.7. The largest absolute Gasteiger partial charge is 0.405 e. The van der Waals surface area contributed by atoms with Crippen molar-refractivity contribution in [2.24, 2.45) is 0 Å². The molecule has 0 aliphatic heterocycles. The Morgan fingerprint density at radius 2 is 2.21 bits per heavy atom. The van der Waals surface area contributed by atoms with Crippen molar-refractivity contribution in [3.05, 3.63) is 18.0 Å². The molecule has 4 N–H and O–H groups in total. The third-order valence-electron chi connectivity index (χ3n) is 1.40. The van der Waals surface area contributed by atoms with Gasteiger partial charge in [0.25, 0.3) is 5.91 Å². The number of hydrogen-bond donors (Lipinski definition) is 3. The molecule has 4 nitrogen and oxygen atoms in total. The van der Waals surface area contributed by atoms with Crippen LogP contribution in [-0.4, -0.2) is 23.6 Å². The van der Waals surface area contributed by atoms with Crippen molar-refractivity contribution in [1.29, 1.82) is 0 Å². The topological polar surface area (TPSA) is 70.9 Å². The van der Waals surface area contributed by atoms with Gasteiger partial charge in [-0.2, -0.15) is 13.2 Å². The third-order valence-corrected chi connectivity index (χ3v) is 1.40. The van der Waals surface area contributed by atoms with Crippen LogP contribution < -0.4 is 11.1 Å². The van der Waals surface area contributed by atoms with Gasteiger partial charge >= 0.3 is 6.18 Å². The highest BCUT2D eigenvalue weighted by atomic mass is 19.4. The van der Waals surface area contributed by atoms with Crippen LogP contribution in [0.3, 0.4) is 0 Å². The second-order valence-electron chi connectivity index (χ2n) is 2.64. The van der Waals surface area contributed by atoms with Gasteiger partial charge < -0.3 is 16.0 Å². The Morgan fingerprint density at radius 3 is 2.64 bits per heavy atom. The Hall–Kier alpha value is -1.66. The van der Waals surface area contributed by atoms with Gasteiger partial charge in [-0.05, 0) is 6.07 Å². The molecule has 0 atom stereocenters. The standard InChI is InChI=1S/C7H8F3N3O/c8-7(9,10)3-13-6(14)5-1-4(11)2-12-5/h1-2,12H,3,11H2,(H,13,14). The molecule has 78 valence electrons. The predicted molar refractivity (Wildman–Crippen MR) is 43.6 cm³/mol. The van der Waals surface area contributed by atoms with Crippen LogP contribution in [0.15, 0.2) is 12.3 Å². The summed E-state index contributed by atoms with van der Waals surface area (Å²) < 4.78 is 35.1. The summed E-state index contributed by atoms with van der Waals surface area (Å²) in [5, 5.41) is 1.70. The third kappa shape index (κ3) is 3.00. The number of rotatable bonds is 2. The number of aromatic amines is 1. The Bertz CT molecular complexity index is 331. The first-order valence-electron chi connectivity index (χ1n) is 3.67. The Morgan fingerprint density at radius 1 is 1.57 bits per heavy atom. The second kappa shape index (κ2) is 3.60. The zero-order valence-corrected chi connectivity index (χ0v) is 6.98. The molecule has 1 aromatic rings. The molecule has 0 spiro atoms. The molecular weight excluding hydrogens is 199 g/mol. The first-order chi connectivity index (χ1) is 6.38. The normalized spacial score (nSPS) is 11.4. The number of halogens is 3. The van der Waals surface area contributed by atoms with Gasteiger partial charge in [0.05, 0.1) is 0 Å². The van der Waals surface area contributed by atoms with E-state index < -0.39 is 18.6 Å². The van der Waals surface area contributed by atoms with Crippen molar-refractivity contribution in [3.63, 3.8) is 0 Å². The molecule has 0 saturated carbocycles. The molecule has 14 heavy (non-hydrogen) atoms. The molecule has 0 aromatic carbocycles. The maximum absolute atomic E-state index is 11.7. The van der Waals surface area contributed by atoms with E-state index in [1.54, 1.807) is 5.32 Å². The Kier molecular flexibility index (Phi) is 2.68. The number of nitrogen functional groups attached to an aromatic ring is 1. The molecule has 0 saturated heterocycles. The first kappa shape index (κ1) is 10.4. The minimum Gasteiger partial charge on any atom is -0.397 e. The highest BCUT2D eigenvalue weighted by Crippen LogP contribution is 2.12. The summed E-state index contributed by atoms with van der Waals surface area (Å²) in [4.78, 5) is 13.4. The molecule has 0 bridgehead atoms. The van der Waals surface area contributed by atoms with E-state index in [1.165, 1.54) is 12.3 Å². The molecule has 1 amide bonds. The van der Waals surface area contributed by atoms with E-state index in [2.05, 4.69) is 4.98 Å². The first-order valence-corrected chi connectivity index (χ1v) is 3.67. The van der Waals surface area contributed by atoms with Gasteiger partial charge in [-0.15, -0.1) is 0 Å². The van der Waals surface area contributed by atoms with Crippen LogP contribution in [0.25, 0.3) is 0 Å². The van der Waals surface area contributed by atoms with Crippen molar-refractivity contribution in [2.75, 3.05) is 12.3 Å². The lowest BCUT2D eigenvalue weighted by atomic mass is 10.4. The number of H-pyrrole nitrogens is 1. The molecule has 1 heterocycles. The second-order valence-corrected chi connectivity index (χ2v) is 2.64. The van der Waals surface area contributed by atoms with Crippen molar-refractivity contribution >= 4 is 11.6 Å². The number of alkyl halides is 3. The van der Waals surface area contributed by atoms with E-state index in [0.717, 1.165) is 0 Å². The summed E-state index contributed by atoms with van der Waals surface area (Å²) in [5.41, 5.74) is 5.56. The summed E-state index contributed by atoms with van der Waals surface area (Å²) in [7, 11) is 0. The van der Waals surface area contributed by atoms with Gasteiger partial charge in [0.1, 0.15) is 12.2 Å². The molecule has 1 rings (SSSR count). The van der Waals surface area contributed by atoms with Gasteiger partial charge in [-0.3, -0.25) is 4.79 Å². The highest BCUT2D eigenvalue weighted by Gasteiger charge is 2.28. The number of nitrogens with one attached hydrogen (secondary N) is 2. The molecule has 0 unspecified atom stereocenters. The van der Waals surface area contributed by atoms with Gasteiger partial charge in [0, 0.05) is 11.9 Å². The van der Waals surface area contributed by atoms with E-state index >= 15 is 0 Å². The fourth-order valence-corrected chi connectivity index (χ4v) is 0.818. The molecule has 0 aliphatic rings. The zero-order chi connectivity index (χ0) is 10.8. The zero-order valence-electron chi connectivity index (χ0n) is 6.98. The number of amides is 1. The van der Waals surface area contributed by atoms with Crippen molar-refractivity contribution in [3.8, 4) is 0 Å². The molecule has 0 radical (unpaired) electrons. The molecule has 0 fully saturated rings. The molecule has 7 heteroatoms. The van der Waals surface area contributed by atoms with Crippen LogP contribution in [0.1, 0.15) is 10.5 Å². The van der Waals surface area contributed by atoms with E-state index in [4.69, 9.17) is 5.73 Å². The SMILES string of the molecule is Nc1c[nH]c(C(=O)NCC(F)(F)F)c1. The maximum Gasteiger partial charge on any atom is 0.405 e. The van der Waals surface area contributed by atoms with E-state index in [0.29, 0.717) is 5.69 Å². The lowest BCUT2D eigenvalue weighted by Gasteiger charge is -2.06. The van der Waals surface area contributed by atoms with Crippen LogP contribution in [0.5, 0.6) is 0 Å². The molecule has 0 aliphatic carbocycles. The van der Waals surface area contributed by atoms with Crippen molar-refractivity contribution < 1.29 is 18.0 Å². The van der Waals surface area contributed by atoms with Gasteiger partial charge in [0.2, 0.25) is 0 Å². The van der Waals surface area contributed by atoms with Crippen molar-refractivity contribution in [2.45, 2.75) is 6.18 Å². The lowest BCUT2D eigenvalue weighted by Crippen LogP contribution is -2.33. The number of nitrogens with two attached hydrogens (primary N) is 1. The minimum atomic E-state index is -4.41. The minimum absolute atomic E-state index is 0.00625. The van der Waals surface area contributed by atoms with Gasteiger partial charge in [0.15, 0.2) is 0 Å². The predicted octanol–water partition coefficient (Wildman–Crippen LogP) is 0.889. The van der Waals surface area contributed by atoms with E-state index in [1.807, 2.05) is 0 Å². The van der Waals surface area contributed by atoms with Crippen LogP contribution in [0.4, 0.5) is 18.9 Å². The molecule has 1 aromatic heterocycles. The lowest BCUT2D eigenvalue weighted by molar-refractivity contribution is -0.123. The van der Waals surface area contributed by atoms with Gasteiger partial charge in [-0.25, -0.2) is 0 Å². The number of carbonyl (C=O) groups excluding carboxylic acids is 1. The average molecular weight is 207 g/mol. The smallest absolute Gasteiger partial charge is 0.397 e.